The summed E-state index contributed by atoms with van der Waals surface area (Å²) < 4.78 is 28.6. The van der Waals surface area contributed by atoms with Crippen molar-refractivity contribution in [3.8, 4) is 0 Å². The van der Waals surface area contributed by atoms with Crippen molar-refractivity contribution >= 4 is 29.7 Å². The van der Waals surface area contributed by atoms with Crippen molar-refractivity contribution < 1.29 is 52.8 Å². The second kappa shape index (κ2) is 7.69. The zero-order chi connectivity index (χ0) is 28.5. The van der Waals surface area contributed by atoms with Gasteiger partial charge in [-0.05, 0) is 45.6 Å². The lowest BCUT2D eigenvalue weighted by molar-refractivity contribution is -0.230. The molecule has 39 heavy (non-hydrogen) atoms. The van der Waals surface area contributed by atoms with Crippen molar-refractivity contribution in [2.24, 2.45) is 28.1 Å². The number of aliphatic hydroxyl groups excluding tert-OH is 1. The minimum Gasteiger partial charge on any atom is -0.461 e. The Morgan fingerprint density at radius 3 is 2.31 bits per heavy atom. The van der Waals surface area contributed by atoms with Crippen LogP contribution in [0.3, 0.4) is 0 Å². The van der Waals surface area contributed by atoms with Crippen LogP contribution in [-0.4, -0.2) is 70.6 Å². The molecule has 0 amide bonds. The number of cyclic esters (lactones) is 3. The third-order valence-electron chi connectivity index (χ3n) is 11.0. The molecule has 10 atom stereocenters. The lowest BCUT2D eigenvalue weighted by atomic mass is 9.37. The normalized spacial score (nSPS) is 49.6. The number of fused-ring (bicyclic) bond motifs is 3. The fourth-order valence-electron chi connectivity index (χ4n) is 9.42. The molecule has 4 aliphatic heterocycles. The summed E-state index contributed by atoms with van der Waals surface area (Å²) in [5, 5.41) is 9.94. The number of aliphatic hydroxyl groups is 1. The number of carbonyl (C=O) groups excluding carboxylic acids is 5. The van der Waals surface area contributed by atoms with Crippen molar-refractivity contribution in [2.45, 2.75) is 103 Å². The second-order valence-corrected chi connectivity index (χ2v) is 13.1. The highest BCUT2D eigenvalue weighted by atomic mass is 16.7. The number of hydrogen-bond acceptors (Lipinski definition) is 11. The quantitative estimate of drug-likeness (QED) is 0.304. The van der Waals surface area contributed by atoms with E-state index in [1.54, 1.807) is 20.8 Å². The molecule has 0 bridgehead atoms. The van der Waals surface area contributed by atoms with E-state index in [0.29, 0.717) is 12.8 Å². The first-order chi connectivity index (χ1) is 18.0. The van der Waals surface area contributed by atoms with Gasteiger partial charge in [0.25, 0.3) is 0 Å². The van der Waals surface area contributed by atoms with Crippen molar-refractivity contribution in [3.63, 3.8) is 0 Å². The van der Waals surface area contributed by atoms with Gasteiger partial charge in [-0.1, -0.05) is 13.8 Å². The first kappa shape index (κ1) is 26.4. The molecule has 3 saturated heterocycles. The first-order valence-electron chi connectivity index (χ1n) is 13.5. The van der Waals surface area contributed by atoms with Gasteiger partial charge in [0.05, 0.1) is 17.4 Å². The highest BCUT2D eigenvalue weighted by Crippen LogP contribution is 2.77. The number of ether oxygens (including phenoxy) is 5. The predicted molar refractivity (Wildman–Crippen MR) is 128 cm³/mol. The maximum absolute atomic E-state index is 14.4. The minimum atomic E-state index is -1.46. The summed E-state index contributed by atoms with van der Waals surface area (Å²) in [7, 11) is 0. The Kier molecular flexibility index (Phi) is 5.21. The molecule has 5 fully saturated rings. The third-order valence-corrected chi connectivity index (χ3v) is 11.0. The Morgan fingerprint density at radius 1 is 1.00 bits per heavy atom. The first-order valence-corrected chi connectivity index (χ1v) is 13.5. The Labute approximate surface area is 225 Å². The summed E-state index contributed by atoms with van der Waals surface area (Å²) in [5.41, 5.74) is -5.47. The summed E-state index contributed by atoms with van der Waals surface area (Å²) in [5.74, 6) is -3.62. The van der Waals surface area contributed by atoms with Gasteiger partial charge in [-0.15, -0.1) is 0 Å². The van der Waals surface area contributed by atoms with Crippen LogP contribution >= 0.6 is 0 Å². The van der Waals surface area contributed by atoms with Gasteiger partial charge in [0, 0.05) is 30.1 Å². The summed E-state index contributed by atoms with van der Waals surface area (Å²) in [4.78, 5) is 65.4. The van der Waals surface area contributed by atoms with E-state index >= 15 is 0 Å². The molecule has 0 aromatic rings. The molecule has 2 saturated carbocycles. The molecular weight excluding hydrogens is 512 g/mol. The number of rotatable bonds is 2. The SMILES string of the molecule is CC(=O)OC1CC(=O)OC(C)(C)C2CC(=O)C3(C)[C@H](CC[C@]4(C)[C@@H](C5=C[C@@H](O)OC5=O)OC(=O)[C@H]5O[C@]534)[C@@]12C. The van der Waals surface area contributed by atoms with E-state index in [4.69, 9.17) is 23.7 Å². The highest BCUT2D eigenvalue weighted by molar-refractivity contribution is 5.96. The van der Waals surface area contributed by atoms with E-state index in [1.807, 2.05) is 13.8 Å². The molecule has 4 heterocycles. The maximum atomic E-state index is 14.4. The van der Waals surface area contributed by atoms with E-state index in [2.05, 4.69) is 0 Å². The lowest BCUT2D eigenvalue weighted by Crippen LogP contribution is -2.74. The smallest absolute Gasteiger partial charge is 0.340 e. The fourth-order valence-corrected chi connectivity index (χ4v) is 9.42. The van der Waals surface area contributed by atoms with Gasteiger partial charge in [0.1, 0.15) is 29.2 Å². The Balaban J connectivity index is 1.52. The van der Waals surface area contributed by atoms with Crippen LogP contribution in [0.15, 0.2) is 11.6 Å². The van der Waals surface area contributed by atoms with Crippen LogP contribution in [0, 0.1) is 28.1 Å². The van der Waals surface area contributed by atoms with Crippen LogP contribution in [0.25, 0.3) is 0 Å². The molecule has 6 rings (SSSR count). The molecule has 212 valence electrons. The third kappa shape index (κ3) is 3.03. The van der Waals surface area contributed by atoms with Crippen LogP contribution < -0.4 is 0 Å². The van der Waals surface area contributed by atoms with E-state index in [-0.39, 0.29) is 24.2 Å². The lowest BCUT2D eigenvalue weighted by Gasteiger charge is -2.66. The zero-order valence-corrected chi connectivity index (χ0v) is 22.9. The Hall–Kier alpha value is -2.79. The van der Waals surface area contributed by atoms with E-state index in [0.717, 1.165) is 0 Å². The number of ketones is 1. The van der Waals surface area contributed by atoms with Crippen molar-refractivity contribution in [1.29, 1.82) is 0 Å². The molecule has 11 nitrogen and oxygen atoms in total. The van der Waals surface area contributed by atoms with Gasteiger partial charge in [0.15, 0.2) is 6.10 Å². The topological polar surface area (TPSA) is 155 Å². The van der Waals surface area contributed by atoms with E-state index in [9.17, 15) is 29.1 Å². The summed E-state index contributed by atoms with van der Waals surface area (Å²) >= 11 is 0. The van der Waals surface area contributed by atoms with Crippen LogP contribution in [0.1, 0.15) is 67.2 Å². The monoisotopic (exact) mass is 546 g/mol. The predicted octanol–water partition coefficient (Wildman–Crippen LogP) is 1.53. The summed E-state index contributed by atoms with van der Waals surface area (Å²) in [6, 6.07) is 0. The van der Waals surface area contributed by atoms with Gasteiger partial charge >= 0.3 is 23.9 Å². The summed E-state index contributed by atoms with van der Waals surface area (Å²) in [6.07, 6.45) is -2.54. The summed E-state index contributed by atoms with van der Waals surface area (Å²) in [6.45, 7) is 10.4. The molecule has 0 aromatic carbocycles. The Bertz CT molecular complexity index is 1250. The minimum absolute atomic E-state index is 0.0125. The van der Waals surface area contributed by atoms with E-state index < -0.39 is 87.8 Å². The zero-order valence-electron chi connectivity index (χ0n) is 22.9. The number of hydrogen-bond donors (Lipinski definition) is 1. The molecule has 1 N–H and O–H groups in total. The standard InChI is InChI=1S/C28H34O11/c1-12(29)35-17-11-19(32)38-24(2,3)15-10-16(30)27(6)14(26(15,17)5)7-8-25(4)20(13-9-18(31)36-22(13)33)37-23(34)21-28(25,27)39-21/h9,14-15,17-18,20-21,31H,7-8,10-11H2,1-6H3/t14-,15?,17?,18+,20-,21-,25-,26-,27?,28+/m1/s1. The number of carbonyl (C=O) groups is 5. The molecule has 6 aliphatic rings. The molecule has 3 unspecified atom stereocenters. The van der Waals surface area contributed by atoms with Crippen LogP contribution in [0.4, 0.5) is 0 Å². The highest BCUT2D eigenvalue weighted by Gasteiger charge is 2.89. The second-order valence-electron chi connectivity index (χ2n) is 13.1. The van der Waals surface area contributed by atoms with Crippen molar-refractivity contribution in [2.75, 3.05) is 0 Å². The molecule has 0 aromatic heterocycles. The van der Waals surface area contributed by atoms with Crippen molar-refractivity contribution in [3.05, 3.63) is 11.6 Å². The van der Waals surface area contributed by atoms with Gasteiger partial charge in [-0.2, -0.15) is 0 Å². The molecule has 11 heteroatoms. The molecule has 2 aliphatic carbocycles. The van der Waals surface area contributed by atoms with Crippen LogP contribution in [-0.2, 0) is 47.7 Å². The number of esters is 4. The fraction of sp³-hybridized carbons (Fsp3) is 0.750. The maximum Gasteiger partial charge on any atom is 0.340 e. The van der Waals surface area contributed by atoms with Gasteiger partial charge in [0.2, 0.25) is 6.29 Å². The average Bonchev–Trinajstić information content (AvgIpc) is 3.52. The number of Topliss-reactive ketones (excluding diaryl/α,β-unsaturated/α-hetero) is 1. The average molecular weight is 547 g/mol. The molecule has 0 radical (unpaired) electrons. The van der Waals surface area contributed by atoms with Crippen LogP contribution in [0.2, 0.25) is 0 Å². The molecular formula is C28H34O11. The van der Waals surface area contributed by atoms with Crippen LogP contribution in [0.5, 0.6) is 0 Å². The number of epoxide rings is 1. The Morgan fingerprint density at radius 2 is 1.69 bits per heavy atom. The molecule has 1 spiro atoms. The largest absolute Gasteiger partial charge is 0.461 e. The van der Waals surface area contributed by atoms with Crippen molar-refractivity contribution in [1.82, 2.24) is 0 Å². The van der Waals surface area contributed by atoms with Gasteiger partial charge in [-0.25, -0.2) is 9.59 Å². The van der Waals surface area contributed by atoms with Gasteiger partial charge in [-0.3, -0.25) is 14.4 Å². The van der Waals surface area contributed by atoms with Gasteiger partial charge < -0.3 is 28.8 Å². The van der Waals surface area contributed by atoms with E-state index in [1.165, 1.54) is 13.0 Å².